The predicted molar refractivity (Wildman–Crippen MR) is 104 cm³/mol. The minimum absolute atomic E-state index is 0.396. The van der Waals surface area contributed by atoms with Crippen molar-refractivity contribution in [3.63, 3.8) is 0 Å². The second-order valence-electron chi connectivity index (χ2n) is 6.65. The van der Waals surface area contributed by atoms with Crippen LogP contribution >= 0.6 is 15.9 Å². The molecule has 1 heterocycles. The van der Waals surface area contributed by atoms with E-state index in [1.165, 1.54) is 35.2 Å². The van der Waals surface area contributed by atoms with E-state index in [0.29, 0.717) is 6.04 Å². The average Bonchev–Trinajstić information content (AvgIpc) is 3.04. The Balaban J connectivity index is 1.49. The van der Waals surface area contributed by atoms with Crippen LogP contribution < -0.4 is 5.32 Å². The predicted octanol–water partition coefficient (Wildman–Crippen LogP) is 4.86. The van der Waals surface area contributed by atoms with Gasteiger partial charge < -0.3 is 5.32 Å². The molecule has 0 radical (unpaired) electrons. The first-order valence-corrected chi connectivity index (χ1v) is 9.65. The summed E-state index contributed by atoms with van der Waals surface area (Å²) in [4.78, 5) is 0. The first kappa shape index (κ1) is 16.6. The molecule has 0 saturated carbocycles. The van der Waals surface area contributed by atoms with Gasteiger partial charge in [-0.2, -0.15) is 5.10 Å². The number of aromatic nitrogens is 2. The normalized spacial score (nSPS) is 16.6. The molecule has 4 rings (SSSR count). The maximum Gasteiger partial charge on any atom is 0.0662 e. The van der Waals surface area contributed by atoms with Crippen molar-refractivity contribution < 1.29 is 0 Å². The lowest BCUT2D eigenvalue weighted by molar-refractivity contribution is 0.449. The zero-order valence-electron chi connectivity index (χ0n) is 14.2. The van der Waals surface area contributed by atoms with Crippen molar-refractivity contribution in [3.8, 4) is 0 Å². The summed E-state index contributed by atoms with van der Waals surface area (Å²) in [6, 6.07) is 19.5. The van der Waals surface area contributed by atoms with Crippen LogP contribution in [-0.4, -0.2) is 9.78 Å². The molecule has 0 aliphatic heterocycles. The Morgan fingerprint density at radius 2 is 1.92 bits per heavy atom. The molecule has 0 fully saturated rings. The fourth-order valence-corrected chi connectivity index (χ4v) is 4.06. The number of benzene rings is 2. The molecule has 0 spiro atoms. The van der Waals surface area contributed by atoms with E-state index < -0.39 is 0 Å². The van der Waals surface area contributed by atoms with Crippen LogP contribution in [0.25, 0.3) is 0 Å². The molecule has 1 aromatic heterocycles. The second-order valence-corrected chi connectivity index (χ2v) is 7.56. The third-order valence-corrected chi connectivity index (χ3v) is 5.37. The van der Waals surface area contributed by atoms with Gasteiger partial charge >= 0.3 is 0 Å². The van der Waals surface area contributed by atoms with Crippen molar-refractivity contribution in [1.82, 2.24) is 15.1 Å². The summed E-state index contributed by atoms with van der Waals surface area (Å²) in [6.07, 6.45) is 5.58. The number of nitrogens with zero attached hydrogens (tertiary/aromatic N) is 2. The molecule has 2 aromatic carbocycles. The van der Waals surface area contributed by atoms with Gasteiger partial charge in [-0.3, -0.25) is 4.68 Å². The summed E-state index contributed by atoms with van der Waals surface area (Å²) in [6.45, 7) is 1.74. The smallest absolute Gasteiger partial charge is 0.0662 e. The number of hydrogen-bond donors (Lipinski definition) is 1. The third kappa shape index (κ3) is 3.86. The van der Waals surface area contributed by atoms with Gasteiger partial charge in [0.25, 0.3) is 0 Å². The zero-order chi connectivity index (χ0) is 17.1. The van der Waals surface area contributed by atoms with Crippen LogP contribution in [0.2, 0.25) is 0 Å². The number of halogens is 1. The summed E-state index contributed by atoms with van der Waals surface area (Å²) in [5, 5.41) is 8.41. The van der Waals surface area contributed by atoms with Crippen LogP contribution in [-0.2, 0) is 19.5 Å². The van der Waals surface area contributed by atoms with Gasteiger partial charge in [-0.1, -0.05) is 58.4 Å². The molecule has 0 saturated heterocycles. The Morgan fingerprint density at radius 1 is 1.08 bits per heavy atom. The fourth-order valence-electron chi connectivity index (χ4n) is 3.61. The first-order valence-electron chi connectivity index (χ1n) is 8.86. The lowest BCUT2D eigenvalue weighted by Crippen LogP contribution is -2.25. The minimum Gasteiger partial charge on any atom is -0.306 e. The van der Waals surface area contributed by atoms with E-state index in [0.717, 1.165) is 24.0 Å². The molecule has 3 nitrogen and oxygen atoms in total. The highest BCUT2D eigenvalue weighted by Crippen LogP contribution is 2.30. The van der Waals surface area contributed by atoms with Crippen LogP contribution in [0.1, 0.15) is 41.3 Å². The Bertz CT molecular complexity index is 841. The highest BCUT2D eigenvalue weighted by Gasteiger charge is 2.23. The van der Waals surface area contributed by atoms with Crippen LogP contribution in [0, 0.1) is 0 Å². The van der Waals surface area contributed by atoms with Crippen molar-refractivity contribution >= 4 is 15.9 Å². The molecule has 0 amide bonds. The highest BCUT2D eigenvalue weighted by molar-refractivity contribution is 9.10. The van der Waals surface area contributed by atoms with Gasteiger partial charge in [-0.05, 0) is 42.5 Å². The van der Waals surface area contributed by atoms with Crippen molar-refractivity contribution in [1.29, 1.82) is 0 Å². The van der Waals surface area contributed by atoms with E-state index in [4.69, 9.17) is 0 Å². The monoisotopic (exact) mass is 395 g/mol. The summed E-state index contributed by atoms with van der Waals surface area (Å²) < 4.78 is 3.31. The number of nitrogens with one attached hydrogen (secondary N) is 1. The van der Waals surface area contributed by atoms with Crippen molar-refractivity contribution in [2.45, 2.75) is 38.4 Å². The fraction of sp³-hybridized carbons (Fsp3) is 0.286. The molecule has 1 aliphatic carbocycles. The van der Waals surface area contributed by atoms with Crippen LogP contribution in [0.4, 0.5) is 0 Å². The largest absolute Gasteiger partial charge is 0.306 e. The van der Waals surface area contributed by atoms with Crippen LogP contribution in [0.5, 0.6) is 0 Å². The SMILES string of the molecule is Brc1cccc(CN[C@@H]2CCCc3c2cnn3Cc2ccccc2)c1. The van der Waals surface area contributed by atoms with E-state index in [1.54, 1.807) is 0 Å². The Hall–Kier alpha value is -1.91. The molecule has 1 atom stereocenters. The van der Waals surface area contributed by atoms with E-state index in [9.17, 15) is 0 Å². The van der Waals surface area contributed by atoms with Gasteiger partial charge in [-0.25, -0.2) is 0 Å². The standard InChI is InChI=1S/C21H22BrN3/c22-18-9-4-8-17(12-18)13-23-20-10-5-11-21-19(20)14-24-25(21)15-16-6-2-1-3-7-16/h1-4,6-9,12,14,20,23H,5,10-11,13,15H2/t20-/m1/s1. The van der Waals surface area contributed by atoms with E-state index in [1.807, 2.05) is 0 Å². The van der Waals surface area contributed by atoms with Gasteiger partial charge in [0, 0.05) is 28.3 Å². The Labute approximate surface area is 157 Å². The third-order valence-electron chi connectivity index (χ3n) is 4.88. The molecule has 25 heavy (non-hydrogen) atoms. The molecular weight excluding hydrogens is 374 g/mol. The molecule has 128 valence electrons. The molecule has 4 heteroatoms. The lowest BCUT2D eigenvalue weighted by atomic mass is 9.92. The van der Waals surface area contributed by atoms with Crippen molar-refractivity contribution in [2.24, 2.45) is 0 Å². The van der Waals surface area contributed by atoms with E-state index >= 15 is 0 Å². The molecule has 0 unspecified atom stereocenters. The number of fused-ring (bicyclic) bond motifs is 1. The highest BCUT2D eigenvalue weighted by atomic mass is 79.9. The summed E-state index contributed by atoms with van der Waals surface area (Å²) in [5.74, 6) is 0. The van der Waals surface area contributed by atoms with Gasteiger partial charge in [0.05, 0.1) is 12.7 Å². The molecule has 1 aliphatic rings. The molecular formula is C21H22BrN3. The molecule has 0 bridgehead atoms. The maximum absolute atomic E-state index is 4.68. The lowest BCUT2D eigenvalue weighted by Gasteiger charge is -2.24. The van der Waals surface area contributed by atoms with E-state index in [2.05, 4.69) is 91.8 Å². The van der Waals surface area contributed by atoms with Gasteiger partial charge in [-0.15, -0.1) is 0 Å². The van der Waals surface area contributed by atoms with Crippen molar-refractivity contribution in [3.05, 3.63) is 87.7 Å². The maximum atomic E-state index is 4.68. The quantitative estimate of drug-likeness (QED) is 0.668. The summed E-state index contributed by atoms with van der Waals surface area (Å²) in [7, 11) is 0. The average molecular weight is 396 g/mol. The van der Waals surface area contributed by atoms with Gasteiger partial charge in [0.2, 0.25) is 0 Å². The number of rotatable bonds is 5. The first-order chi connectivity index (χ1) is 12.3. The molecule has 1 N–H and O–H groups in total. The Morgan fingerprint density at radius 3 is 2.76 bits per heavy atom. The zero-order valence-corrected chi connectivity index (χ0v) is 15.7. The minimum atomic E-state index is 0.396. The van der Waals surface area contributed by atoms with E-state index in [-0.39, 0.29) is 0 Å². The topological polar surface area (TPSA) is 29.9 Å². The number of hydrogen-bond acceptors (Lipinski definition) is 2. The van der Waals surface area contributed by atoms with Gasteiger partial charge in [0.1, 0.15) is 0 Å². The van der Waals surface area contributed by atoms with Crippen LogP contribution in [0.15, 0.2) is 65.3 Å². The molecule has 3 aromatic rings. The van der Waals surface area contributed by atoms with Crippen molar-refractivity contribution in [2.75, 3.05) is 0 Å². The van der Waals surface area contributed by atoms with Gasteiger partial charge in [0.15, 0.2) is 0 Å². The second kappa shape index (κ2) is 7.54. The summed E-state index contributed by atoms with van der Waals surface area (Å²) in [5.41, 5.74) is 5.37. The summed E-state index contributed by atoms with van der Waals surface area (Å²) >= 11 is 3.55. The van der Waals surface area contributed by atoms with Crippen LogP contribution in [0.3, 0.4) is 0 Å². The Kier molecular flexibility index (Phi) is 4.99.